The number of H-pyrrole nitrogens is 1. The van der Waals surface area contributed by atoms with Crippen LogP contribution < -0.4 is 4.74 Å². The first kappa shape index (κ1) is 25.1. The Morgan fingerprint density at radius 1 is 0.972 bits per heavy atom. The Kier molecular flexibility index (Phi) is 8.44. The van der Waals surface area contributed by atoms with E-state index in [0.29, 0.717) is 26.1 Å². The van der Waals surface area contributed by atoms with Crippen molar-refractivity contribution in [2.75, 3.05) is 26.7 Å². The summed E-state index contributed by atoms with van der Waals surface area (Å²) in [6.07, 6.45) is 5.92. The number of benzene rings is 2. The Balaban J connectivity index is 1.53. The van der Waals surface area contributed by atoms with Crippen LogP contribution in [0.3, 0.4) is 0 Å². The third-order valence-electron chi connectivity index (χ3n) is 6.34. The van der Waals surface area contributed by atoms with E-state index in [1.54, 1.807) is 24.1 Å². The number of hydrogen-bond donors (Lipinski definition) is 1. The third-order valence-corrected chi connectivity index (χ3v) is 6.34. The summed E-state index contributed by atoms with van der Waals surface area (Å²) in [7, 11) is 1.63. The number of fused-ring (bicyclic) bond motifs is 1. The number of rotatable bonds is 12. The van der Waals surface area contributed by atoms with Gasteiger partial charge in [-0.25, -0.2) is 0 Å². The number of nitrogens with zero attached hydrogens (tertiary/aromatic N) is 2. The van der Waals surface area contributed by atoms with Gasteiger partial charge in [0.25, 0.3) is 5.91 Å². The maximum absolute atomic E-state index is 13.6. The minimum absolute atomic E-state index is 0.00354. The van der Waals surface area contributed by atoms with Gasteiger partial charge in [-0.1, -0.05) is 43.7 Å². The molecule has 2 heterocycles. The maximum atomic E-state index is 13.6. The summed E-state index contributed by atoms with van der Waals surface area (Å²) in [4.78, 5) is 33.4. The highest BCUT2D eigenvalue weighted by Crippen LogP contribution is 2.20. The summed E-state index contributed by atoms with van der Waals surface area (Å²) >= 11 is 0. The zero-order valence-corrected chi connectivity index (χ0v) is 20.9. The third kappa shape index (κ3) is 6.16. The molecule has 0 atom stereocenters. The zero-order valence-electron chi connectivity index (χ0n) is 20.9. The first-order chi connectivity index (χ1) is 17.6. The van der Waals surface area contributed by atoms with Crippen LogP contribution in [0.2, 0.25) is 0 Å². The second kappa shape index (κ2) is 12.1. The fourth-order valence-electron chi connectivity index (χ4n) is 4.26. The number of carbonyl (C=O) groups excluding carboxylic acids is 2. The molecule has 1 N–H and O–H groups in total. The van der Waals surface area contributed by atoms with Crippen molar-refractivity contribution in [3.8, 4) is 5.75 Å². The average molecular weight is 488 g/mol. The van der Waals surface area contributed by atoms with E-state index in [4.69, 9.17) is 9.15 Å². The van der Waals surface area contributed by atoms with Gasteiger partial charge >= 0.3 is 0 Å². The molecule has 0 aliphatic rings. The summed E-state index contributed by atoms with van der Waals surface area (Å²) in [6, 6.07) is 19.2. The van der Waals surface area contributed by atoms with Gasteiger partial charge in [-0.2, -0.15) is 0 Å². The molecule has 2 aromatic carbocycles. The number of carbonyl (C=O) groups is 2. The quantitative estimate of drug-likeness (QED) is 0.295. The summed E-state index contributed by atoms with van der Waals surface area (Å²) < 4.78 is 10.6. The Morgan fingerprint density at radius 2 is 1.78 bits per heavy atom. The smallest absolute Gasteiger partial charge is 0.290 e. The van der Waals surface area contributed by atoms with Crippen molar-refractivity contribution < 1.29 is 18.7 Å². The lowest BCUT2D eigenvalue weighted by Gasteiger charge is -2.27. The topological polar surface area (TPSA) is 78.8 Å². The largest absolute Gasteiger partial charge is 0.497 e. The van der Waals surface area contributed by atoms with E-state index in [2.05, 4.69) is 18.0 Å². The van der Waals surface area contributed by atoms with Gasteiger partial charge in [-0.05, 0) is 54.3 Å². The molecule has 0 bridgehead atoms. The van der Waals surface area contributed by atoms with Crippen LogP contribution in [0.25, 0.3) is 10.9 Å². The standard InChI is InChI=1S/C29H33N3O4/c1-3-4-16-32(29(34)27-10-7-18-36-27)21-28(33)31(20-22-11-13-24(35-2)14-12-22)17-15-23-19-30-26-9-6-5-8-25(23)26/h5-14,18-19,30H,3-4,15-17,20-21H2,1-2H3. The minimum Gasteiger partial charge on any atom is -0.497 e. The lowest BCUT2D eigenvalue weighted by molar-refractivity contribution is -0.132. The Bertz CT molecular complexity index is 1260. The number of para-hydroxylation sites is 1. The molecule has 188 valence electrons. The van der Waals surface area contributed by atoms with E-state index in [-0.39, 0.29) is 24.1 Å². The number of aromatic nitrogens is 1. The van der Waals surface area contributed by atoms with Crippen LogP contribution in [0.1, 0.15) is 41.4 Å². The Morgan fingerprint density at radius 3 is 2.50 bits per heavy atom. The molecule has 0 saturated heterocycles. The van der Waals surface area contributed by atoms with Crippen molar-refractivity contribution in [1.82, 2.24) is 14.8 Å². The molecule has 0 fully saturated rings. The number of unbranched alkanes of at least 4 members (excludes halogenated alkanes) is 1. The Labute approximate surface area is 211 Å². The molecular weight excluding hydrogens is 454 g/mol. The van der Waals surface area contributed by atoms with Crippen LogP contribution in [0.4, 0.5) is 0 Å². The second-order valence-electron chi connectivity index (χ2n) is 8.83. The molecule has 0 aliphatic carbocycles. The van der Waals surface area contributed by atoms with Crippen LogP contribution in [0.5, 0.6) is 5.75 Å². The van der Waals surface area contributed by atoms with Crippen LogP contribution in [-0.4, -0.2) is 53.3 Å². The van der Waals surface area contributed by atoms with Gasteiger partial charge in [-0.15, -0.1) is 0 Å². The minimum atomic E-state index is -0.261. The van der Waals surface area contributed by atoms with Crippen molar-refractivity contribution in [3.63, 3.8) is 0 Å². The van der Waals surface area contributed by atoms with Gasteiger partial charge in [0.05, 0.1) is 13.4 Å². The fraction of sp³-hybridized carbons (Fsp3) is 0.310. The average Bonchev–Trinajstić information content (AvgIpc) is 3.59. The molecule has 36 heavy (non-hydrogen) atoms. The molecule has 0 spiro atoms. The van der Waals surface area contributed by atoms with Gasteiger partial charge in [0.1, 0.15) is 12.3 Å². The molecule has 0 unspecified atom stereocenters. The highest BCUT2D eigenvalue weighted by molar-refractivity contribution is 5.94. The van der Waals surface area contributed by atoms with Crippen molar-refractivity contribution in [3.05, 3.63) is 90.0 Å². The molecule has 0 radical (unpaired) electrons. The number of ether oxygens (including phenoxy) is 1. The summed E-state index contributed by atoms with van der Waals surface area (Å²) in [5, 5.41) is 1.16. The van der Waals surface area contributed by atoms with Gasteiger partial charge in [0.15, 0.2) is 5.76 Å². The number of methoxy groups -OCH3 is 1. The summed E-state index contributed by atoms with van der Waals surface area (Å²) in [6.45, 7) is 3.55. The van der Waals surface area contributed by atoms with Gasteiger partial charge < -0.3 is 23.9 Å². The van der Waals surface area contributed by atoms with Crippen LogP contribution >= 0.6 is 0 Å². The predicted octanol–water partition coefficient (Wildman–Crippen LogP) is 5.28. The first-order valence-electron chi connectivity index (χ1n) is 12.4. The molecule has 0 aliphatic heterocycles. The Hall–Kier alpha value is -4.00. The molecular formula is C29H33N3O4. The van der Waals surface area contributed by atoms with E-state index in [9.17, 15) is 9.59 Å². The van der Waals surface area contributed by atoms with E-state index in [1.807, 2.05) is 53.6 Å². The molecule has 0 saturated carbocycles. The van der Waals surface area contributed by atoms with E-state index >= 15 is 0 Å². The lowest BCUT2D eigenvalue weighted by atomic mass is 10.1. The monoisotopic (exact) mass is 487 g/mol. The highest BCUT2D eigenvalue weighted by Gasteiger charge is 2.24. The SMILES string of the molecule is CCCCN(CC(=O)N(CCc1c[nH]c2ccccc12)Cc1ccc(OC)cc1)C(=O)c1ccco1. The number of furan rings is 1. The predicted molar refractivity (Wildman–Crippen MR) is 140 cm³/mol. The van der Waals surface area contributed by atoms with Crippen LogP contribution in [0.15, 0.2) is 77.5 Å². The van der Waals surface area contributed by atoms with E-state index in [1.165, 1.54) is 6.26 Å². The molecule has 4 aromatic rings. The molecule has 7 nitrogen and oxygen atoms in total. The van der Waals surface area contributed by atoms with Crippen molar-refractivity contribution >= 4 is 22.7 Å². The zero-order chi connectivity index (χ0) is 25.3. The van der Waals surface area contributed by atoms with Crippen molar-refractivity contribution in [2.24, 2.45) is 0 Å². The number of hydrogen-bond acceptors (Lipinski definition) is 4. The number of amides is 2. The summed E-state index contributed by atoms with van der Waals surface area (Å²) in [5.41, 5.74) is 3.24. The molecule has 4 rings (SSSR count). The highest BCUT2D eigenvalue weighted by atomic mass is 16.5. The summed E-state index contributed by atoms with van der Waals surface area (Å²) in [5.74, 6) is 0.661. The molecule has 2 aromatic heterocycles. The maximum Gasteiger partial charge on any atom is 0.290 e. The number of nitrogens with one attached hydrogen (secondary N) is 1. The van der Waals surface area contributed by atoms with Crippen molar-refractivity contribution in [1.29, 1.82) is 0 Å². The van der Waals surface area contributed by atoms with Crippen LogP contribution in [-0.2, 0) is 17.8 Å². The van der Waals surface area contributed by atoms with Gasteiger partial charge in [-0.3, -0.25) is 9.59 Å². The van der Waals surface area contributed by atoms with E-state index in [0.717, 1.165) is 40.6 Å². The number of aromatic amines is 1. The lowest BCUT2D eigenvalue weighted by Crippen LogP contribution is -2.43. The first-order valence-corrected chi connectivity index (χ1v) is 12.4. The normalized spacial score (nSPS) is 10.9. The second-order valence-corrected chi connectivity index (χ2v) is 8.83. The molecule has 7 heteroatoms. The van der Waals surface area contributed by atoms with E-state index < -0.39 is 0 Å². The molecule has 2 amide bonds. The van der Waals surface area contributed by atoms with Gasteiger partial charge in [0, 0.05) is 36.7 Å². The fourth-order valence-corrected chi connectivity index (χ4v) is 4.26. The van der Waals surface area contributed by atoms with Gasteiger partial charge in [0.2, 0.25) is 5.91 Å². The van der Waals surface area contributed by atoms with Crippen molar-refractivity contribution in [2.45, 2.75) is 32.7 Å². The van der Waals surface area contributed by atoms with Crippen LogP contribution in [0, 0.1) is 0 Å².